The van der Waals surface area contributed by atoms with Gasteiger partial charge >= 0.3 is 5.91 Å². The molecular weight excluding hydrogens is 164 g/mol. The number of carbonyl (C=O) groups is 1. The lowest BCUT2D eigenvalue weighted by atomic mass is 10.2. The predicted molar refractivity (Wildman–Crippen MR) is 48.1 cm³/mol. The Hall–Kier alpha value is -1.82. The molecule has 1 aromatic rings. The van der Waals surface area contributed by atoms with Crippen molar-refractivity contribution in [2.24, 2.45) is 0 Å². The maximum Gasteiger partial charge on any atom is 0.329 e. The molecular formula is C10H8N2O. The zero-order chi connectivity index (χ0) is 9.26. The van der Waals surface area contributed by atoms with E-state index in [2.05, 4.69) is 0 Å². The summed E-state index contributed by atoms with van der Waals surface area (Å²) in [6.45, 7) is 0.631. The molecule has 13 heavy (non-hydrogen) atoms. The molecule has 3 heteroatoms. The third-order valence-electron chi connectivity index (χ3n) is 2.23. The number of benzene rings is 1. The SMILES string of the molecule is N#CC(=O)N1CCc2ccccc21. The highest BCUT2D eigenvalue weighted by atomic mass is 16.2. The molecule has 0 unspecified atom stereocenters. The Morgan fingerprint density at radius 2 is 2.23 bits per heavy atom. The van der Waals surface area contributed by atoms with Crippen LogP contribution in [0.3, 0.4) is 0 Å². The molecule has 64 valence electrons. The third-order valence-corrected chi connectivity index (χ3v) is 2.23. The van der Waals surface area contributed by atoms with Crippen LogP contribution >= 0.6 is 0 Å². The van der Waals surface area contributed by atoms with Crippen LogP contribution in [0, 0.1) is 11.3 Å². The van der Waals surface area contributed by atoms with Gasteiger partial charge in [0.1, 0.15) is 0 Å². The molecule has 0 fully saturated rings. The van der Waals surface area contributed by atoms with Crippen LogP contribution < -0.4 is 4.90 Å². The molecule has 0 N–H and O–H groups in total. The van der Waals surface area contributed by atoms with Crippen molar-refractivity contribution < 1.29 is 4.79 Å². The predicted octanol–water partition coefficient (Wildman–Crippen LogP) is 1.10. The average Bonchev–Trinajstić information content (AvgIpc) is 2.60. The number of nitriles is 1. The Balaban J connectivity index is 2.40. The quantitative estimate of drug-likeness (QED) is 0.550. The zero-order valence-corrected chi connectivity index (χ0v) is 7.03. The lowest BCUT2D eigenvalue weighted by Crippen LogP contribution is -2.26. The summed E-state index contributed by atoms with van der Waals surface area (Å²) in [5, 5.41) is 8.48. The molecule has 0 saturated heterocycles. The minimum Gasteiger partial charge on any atom is -0.299 e. The Morgan fingerprint density at radius 3 is 3.00 bits per heavy atom. The minimum atomic E-state index is -0.468. The Bertz CT molecular complexity index is 392. The summed E-state index contributed by atoms with van der Waals surface area (Å²) in [6, 6.07) is 9.31. The number of amides is 1. The number of fused-ring (bicyclic) bond motifs is 1. The molecule has 0 atom stereocenters. The van der Waals surface area contributed by atoms with Crippen molar-refractivity contribution in [2.45, 2.75) is 6.42 Å². The van der Waals surface area contributed by atoms with Crippen LogP contribution in [0.15, 0.2) is 24.3 Å². The van der Waals surface area contributed by atoms with E-state index >= 15 is 0 Å². The van der Waals surface area contributed by atoms with Gasteiger partial charge in [-0.15, -0.1) is 0 Å². The van der Waals surface area contributed by atoms with Gasteiger partial charge in [-0.1, -0.05) is 18.2 Å². The first kappa shape index (κ1) is 7.81. The maximum atomic E-state index is 11.1. The van der Waals surface area contributed by atoms with Gasteiger partial charge in [0, 0.05) is 12.2 Å². The molecule has 1 aliphatic heterocycles. The number of nitrogens with zero attached hydrogens (tertiary/aromatic N) is 2. The first-order valence-corrected chi connectivity index (χ1v) is 4.12. The lowest BCUT2D eigenvalue weighted by Gasteiger charge is -2.11. The standard InChI is InChI=1S/C10H8N2O/c11-7-10(13)12-6-5-8-3-1-2-4-9(8)12/h1-4H,5-6H2. The van der Waals surface area contributed by atoms with Gasteiger partial charge in [-0.25, -0.2) is 0 Å². The van der Waals surface area contributed by atoms with Gasteiger partial charge in [-0.3, -0.25) is 9.69 Å². The van der Waals surface area contributed by atoms with E-state index in [0.717, 1.165) is 17.7 Å². The molecule has 0 saturated carbocycles. The highest BCUT2D eigenvalue weighted by Gasteiger charge is 2.23. The molecule has 1 aromatic carbocycles. The van der Waals surface area contributed by atoms with E-state index in [9.17, 15) is 4.79 Å². The van der Waals surface area contributed by atoms with Gasteiger partial charge in [0.15, 0.2) is 6.07 Å². The van der Waals surface area contributed by atoms with Gasteiger partial charge in [-0.05, 0) is 18.1 Å². The van der Waals surface area contributed by atoms with Crippen LogP contribution in [-0.2, 0) is 11.2 Å². The minimum absolute atomic E-state index is 0.468. The van der Waals surface area contributed by atoms with Gasteiger partial charge in [0.25, 0.3) is 0 Å². The van der Waals surface area contributed by atoms with Gasteiger partial charge in [0.05, 0.1) is 0 Å². The lowest BCUT2D eigenvalue weighted by molar-refractivity contribution is -0.113. The number of rotatable bonds is 0. The van der Waals surface area contributed by atoms with Crippen molar-refractivity contribution in [3.8, 4) is 6.07 Å². The first-order chi connectivity index (χ1) is 6.33. The molecule has 1 amide bonds. The maximum absolute atomic E-state index is 11.1. The highest BCUT2D eigenvalue weighted by Crippen LogP contribution is 2.26. The van der Waals surface area contributed by atoms with Crippen molar-refractivity contribution in [1.29, 1.82) is 5.26 Å². The van der Waals surface area contributed by atoms with Gasteiger partial charge < -0.3 is 0 Å². The summed E-state index contributed by atoms with van der Waals surface area (Å²) in [7, 11) is 0. The van der Waals surface area contributed by atoms with E-state index in [0.29, 0.717) is 6.54 Å². The van der Waals surface area contributed by atoms with Crippen LogP contribution in [0.25, 0.3) is 0 Å². The van der Waals surface area contributed by atoms with Crippen molar-refractivity contribution in [3.05, 3.63) is 29.8 Å². The van der Waals surface area contributed by atoms with E-state index in [4.69, 9.17) is 5.26 Å². The van der Waals surface area contributed by atoms with Crippen LogP contribution in [-0.4, -0.2) is 12.5 Å². The summed E-state index contributed by atoms with van der Waals surface area (Å²) in [5.74, 6) is -0.468. The van der Waals surface area contributed by atoms with E-state index in [-0.39, 0.29) is 0 Å². The van der Waals surface area contributed by atoms with E-state index in [1.54, 1.807) is 6.07 Å². The Kier molecular flexibility index (Phi) is 1.75. The summed E-state index contributed by atoms with van der Waals surface area (Å²) < 4.78 is 0. The first-order valence-electron chi connectivity index (χ1n) is 4.12. The molecule has 0 spiro atoms. The van der Waals surface area contributed by atoms with Crippen molar-refractivity contribution >= 4 is 11.6 Å². The highest BCUT2D eigenvalue weighted by molar-refractivity contribution is 6.05. The van der Waals surface area contributed by atoms with E-state index in [1.165, 1.54) is 4.90 Å². The summed E-state index contributed by atoms with van der Waals surface area (Å²) in [6.07, 6.45) is 0.851. The summed E-state index contributed by atoms with van der Waals surface area (Å²) >= 11 is 0. The van der Waals surface area contributed by atoms with E-state index < -0.39 is 5.91 Å². The van der Waals surface area contributed by atoms with Crippen molar-refractivity contribution in [3.63, 3.8) is 0 Å². The Morgan fingerprint density at radius 1 is 1.46 bits per heavy atom. The summed E-state index contributed by atoms with van der Waals surface area (Å²) in [5.41, 5.74) is 2.03. The average molecular weight is 172 g/mol. The van der Waals surface area contributed by atoms with Gasteiger partial charge in [0.2, 0.25) is 0 Å². The van der Waals surface area contributed by atoms with Crippen molar-refractivity contribution in [2.75, 3.05) is 11.4 Å². The number of hydrogen-bond acceptors (Lipinski definition) is 2. The second kappa shape index (κ2) is 2.91. The fraction of sp³-hybridized carbons (Fsp3) is 0.200. The second-order valence-corrected chi connectivity index (χ2v) is 2.95. The summed E-state index contributed by atoms with van der Waals surface area (Å²) in [4.78, 5) is 12.7. The number of anilines is 1. The van der Waals surface area contributed by atoms with Crippen LogP contribution in [0.1, 0.15) is 5.56 Å². The number of para-hydroxylation sites is 1. The van der Waals surface area contributed by atoms with Crippen LogP contribution in [0.5, 0.6) is 0 Å². The normalized spacial score (nSPS) is 13.6. The third kappa shape index (κ3) is 1.17. The van der Waals surface area contributed by atoms with Crippen LogP contribution in [0.4, 0.5) is 5.69 Å². The topological polar surface area (TPSA) is 44.1 Å². The Labute approximate surface area is 76.2 Å². The monoisotopic (exact) mass is 172 g/mol. The second-order valence-electron chi connectivity index (χ2n) is 2.95. The largest absolute Gasteiger partial charge is 0.329 e. The van der Waals surface area contributed by atoms with Gasteiger partial charge in [-0.2, -0.15) is 5.26 Å². The molecule has 1 aliphatic rings. The smallest absolute Gasteiger partial charge is 0.299 e. The van der Waals surface area contributed by atoms with E-state index in [1.807, 2.05) is 24.3 Å². The van der Waals surface area contributed by atoms with Crippen LogP contribution in [0.2, 0.25) is 0 Å². The molecule has 2 rings (SSSR count). The molecule has 0 bridgehead atoms. The number of hydrogen-bond donors (Lipinski definition) is 0. The van der Waals surface area contributed by atoms with Crippen molar-refractivity contribution in [1.82, 2.24) is 0 Å². The molecule has 0 aromatic heterocycles. The fourth-order valence-corrected chi connectivity index (χ4v) is 1.61. The number of carbonyl (C=O) groups excluding carboxylic acids is 1. The molecule has 1 heterocycles. The zero-order valence-electron chi connectivity index (χ0n) is 7.03. The fourth-order valence-electron chi connectivity index (χ4n) is 1.61. The molecule has 0 radical (unpaired) electrons. The molecule has 3 nitrogen and oxygen atoms in total. The molecule has 0 aliphatic carbocycles.